The molecule has 0 heterocycles. The molecule has 6 heteroatoms. The number of carbonyl (C=O) groups excluding carboxylic acids is 2. The Kier molecular flexibility index (Phi) is 10.4. The molecule has 0 fully saturated rings. The highest BCUT2D eigenvalue weighted by Gasteiger charge is 2.41. The fourth-order valence-electron chi connectivity index (χ4n) is 3.72. The number of esters is 2. The Balaban J connectivity index is 1.95. The molecular formula is C27H42O5Si. The predicted molar refractivity (Wildman–Crippen MR) is 135 cm³/mol. The van der Waals surface area contributed by atoms with Crippen LogP contribution in [0.3, 0.4) is 0 Å². The number of carbonyl (C=O) groups is 2. The van der Waals surface area contributed by atoms with Crippen LogP contribution < -0.4 is 0 Å². The summed E-state index contributed by atoms with van der Waals surface area (Å²) in [5.41, 5.74) is 1.82. The van der Waals surface area contributed by atoms with Gasteiger partial charge in [0.1, 0.15) is 6.10 Å². The molecule has 2 atom stereocenters. The Morgan fingerprint density at radius 3 is 2.33 bits per heavy atom. The summed E-state index contributed by atoms with van der Waals surface area (Å²) in [5.74, 6) is -0.398. The number of rotatable bonds is 12. The molecule has 0 spiro atoms. The van der Waals surface area contributed by atoms with Crippen LogP contribution in [0.1, 0.15) is 83.0 Å². The third-order valence-corrected chi connectivity index (χ3v) is 11.2. The first-order chi connectivity index (χ1) is 15.5. The molecule has 5 nitrogen and oxygen atoms in total. The molecule has 0 aromatic heterocycles. The third-order valence-electron chi connectivity index (χ3n) is 6.67. The normalized spacial score (nSPS) is 18.7. The molecule has 1 aromatic rings. The zero-order chi connectivity index (χ0) is 24.5. The monoisotopic (exact) mass is 474 g/mol. The van der Waals surface area contributed by atoms with Crippen LogP contribution in [0.2, 0.25) is 18.1 Å². The van der Waals surface area contributed by atoms with Gasteiger partial charge < -0.3 is 13.9 Å². The van der Waals surface area contributed by atoms with Crippen molar-refractivity contribution in [2.75, 3.05) is 6.61 Å². The minimum atomic E-state index is -1.96. The molecule has 1 aromatic carbocycles. The van der Waals surface area contributed by atoms with E-state index in [9.17, 15) is 9.59 Å². The van der Waals surface area contributed by atoms with Crippen LogP contribution in [0.25, 0.3) is 0 Å². The summed E-state index contributed by atoms with van der Waals surface area (Å²) in [5, 5.41) is 0.115. The van der Waals surface area contributed by atoms with Crippen LogP contribution >= 0.6 is 0 Å². The first-order valence-electron chi connectivity index (χ1n) is 12.3. The van der Waals surface area contributed by atoms with E-state index >= 15 is 0 Å². The molecule has 1 aliphatic rings. The Morgan fingerprint density at radius 1 is 1.03 bits per heavy atom. The number of hydrogen-bond donors (Lipinski definition) is 0. The minimum Gasteiger partial charge on any atom is -0.466 e. The van der Waals surface area contributed by atoms with Gasteiger partial charge in [-0.25, -0.2) is 4.79 Å². The van der Waals surface area contributed by atoms with Crippen LogP contribution in [-0.4, -0.2) is 39.1 Å². The van der Waals surface area contributed by atoms with Gasteiger partial charge in [-0.05, 0) is 68.1 Å². The zero-order valence-electron chi connectivity index (χ0n) is 21.3. The van der Waals surface area contributed by atoms with E-state index in [1.807, 2.05) is 25.1 Å². The molecule has 0 radical (unpaired) electrons. The first-order valence-corrected chi connectivity index (χ1v) is 15.2. The molecule has 0 bridgehead atoms. The van der Waals surface area contributed by atoms with E-state index in [4.69, 9.17) is 13.9 Å². The maximum atomic E-state index is 12.6. The van der Waals surface area contributed by atoms with Gasteiger partial charge in [0.25, 0.3) is 0 Å². The Hall–Kier alpha value is -1.92. The highest BCUT2D eigenvalue weighted by Crippen LogP contribution is 2.40. The van der Waals surface area contributed by atoms with Gasteiger partial charge in [0, 0.05) is 12.8 Å². The summed E-state index contributed by atoms with van der Waals surface area (Å²) in [6.45, 7) is 13.5. The van der Waals surface area contributed by atoms with Crippen molar-refractivity contribution in [2.24, 2.45) is 0 Å². The van der Waals surface area contributed by atoms with Crippen LogP contribution in [0.5, 0.6) is 0 Å². The quantitative estimate of drug-likeness (QED) is 0.144. The lowest BCUT2D eigenvalue weighted by molar-refractivity contribution is -0.143. The van der Waals surface area contributed by atoms with Gasteiger partial charge in [0.15, 0.2) is 8.32 Å². The number of ether oxygens (including phenoxy) is 2. The zero-order valence-corrected chi connectivity index (χ0v) is 22.3. The molecule has 0 unspecified atom stereocenters. The Labute approximate surface area is 201 Å². The third kappa shape index (κ3) is 8.74. The van der Waals surface area contributed by atoms with Crippen molar-refractivity contribution >= 4 is 20.3 Å². The molecular weight excluding hydrogens is 432 g/mol. The molecule has 0 N–H and O–H groups in total. The summed E-state index contributed by atoms with van der Waals surface area (Å²) in [6, 6.07) is 9.14. The van der Waals surface area contributed by atoms with E-state index < -0.39 is 8.32 Å². The predicted octanol–water partition coefficient (Wildman–Crippen LogP) is 6.84. The molecule has 0 saturated heterocycles. The average molecular weight is 475 g/mol. The Bertz CT molecular complexity index is 794. The van der Waals surface area contributed by atoms with Gasteiger partial charge in [0.2, 0.25) is 0 Å². The fourth-order valence-corrected chi connectivity index (χ4v) is 5.04. The summed E-state index contributed by atoms with van der Waals surface area (Å²) < 4.78 is 17.6. The lowest BCUT2D eigenvalue weighted by Crippen LogP contribution is -2.44. The van der Waals surface area contributed by atoms with Crippen molar-refractivity contribution in [3.05, 3.63) is 47.5 Å². The molecule has 33 heavy (non-hydrogen) atoms. The van der Waals surface area contributed by atoms with Crippen LogP contribution in [0.4, 0.5) is 0 Å². The van der Waals surface area contributed by atoms with E-state index in [1.54, 1.807) is 12.1 Å². The van der Waals surface area contributed by atoms with Gasteiger partial charge in [-0.15, -0.1) is 0 Å². The average Bonchev–Trinajstić information content (AvgIpc) is 3.10. The maximum absolute atomic E-state index is 12.6. The second-order valence-electron chi connectivity index (χ2n) is 10.4. The van der Waals surface area contributed by atoms with Gasteiger partial charge in [0.05, 0.1) is 18.3 Å². The van der Waals surface area contributed by atoms with Gasteiger partial charge >= 0.3 is 11.9 Å². The molecule has 1 aliphatic carbocycles. The summed E-state index contributed by atoms with van der Waals surface area (Å²) >= 11 is 0. The van der Waals surface area contributed by atoms with Crippen LogP contribution in [0.15, 0.2) is 42.0 Å². The standard InChI is InChI=1S/C27H42O5Si/c1-7-30-25(28)18-14-9-8-11-17-22-19-23(31-26(29)21-15-12-10-13-16-21)20-24(22)32-33(5,6)27(2,3)4/h10,12-13,15-16,19,23-24H,7-9,11,14,17-18,20H2,1-6H3/t23-,24+/m1/s1. The van der Waals surface area contributed by atoms with Crippen LogP contribution in [0, 0.1) is 0 Å². The van der Waals surface area contributed by atoms with Crippen molar-refractivity contribution in [2.45, 2.75) is 103 Å². The molecule has 0 saturated carbocycles. The van der Waals surface area contributed by atoms with Crippen molar-refractivity contribution < 1.29 is 23.5 Å². The molecule has 0 amide bonds. The minimum absolute atomic E-state index is 0.000929. The van der Waals surface area contributed by atoms with E-state index in [-0.39, 0.29) is 29.2 Å². The van der Waals surface area contributed by atoms with Gasteiger partial charge in [-0.1, -0.05) is 51.8 Å². The second-order valence-corrected chi connectivity index (χ2v) is 15.1. The van der Waals surface area contributed by atoms with E-state index in [0.717, 1.165) is 32.1 Å². The highest BCUT2D eigenvalue weighted by atomic mass is 28.4. The number of hydrogen-bond acceptors (Lipinski definition) is 5. The molecule has 184 valence electrons. The number of unbranched alkanes of at least 4 members (excludes halogenated alkanes) is 3. The maximum Gasteiger partial charge on any atom is 0.338 e. The smallest absolute Gasteiger partial charge is 0.338 e. The lowest BCUT2D eigenvalue weighted by Gasteiger charge is -2.39. The summed E-state index contributed by atoms with van der Waals surface area (Å²) in [6.07, 6.45) is 7.91. The Morgan fingerprint density at radius 2 is 1.70 bits per heavy atom. The number of benzene rings is 1. The van der Waals surface area contributed by atoms with Gasteiger partial charge in [-0.3, -0.25) is 4.79 Å². The topological polar surface area (TPSA) is 61.8 Å². The van der Waals surface area contributed by atoms with Crippen LogP contribution in [-0.2, 0) is 18.7 Å². The van der Waals surface area contributed by atoms with Crippen molar-refractivity contribution in [3.8, 4) is 0 Å². The fraction of sp³-hybridized carbons (Fsp3) is 0.630. The van der Waals surface area contributed by atoms with E-state index in [1.165, 1.54) is 5.57 Å². The van der Waals surface area contributed by atoms with Crippen molar-refractivity contribution in [3.63, 3.8) is 0 Å². The first kappa shape index (κ1) is 27.3. The summed E-state index contributed by atoms with van der Waals surface area (Å²) in [4.78, 5) is 24.1. The van der Waals surface area contributed by atoms with Crippen molar-refractivity contribution in [1.29, 1.82) is 0 Å². The highest BCUT2D eigenvalue weighted by molar-refractivity contribution is 6.74. The summed E-state index contributed by atoms with van der Waals surface area (Å²) in [7, 11) is -1.96. The van der Waals surface area contributed by atoms with E-state index in [2.05, 4.69) is 39.9 Å². The molecule has 2 rings (SSSR count). The molecule has 0 aliphatic heterocycles. The SMILES string of the molecule is CCOC(=O)CCCCCCC1=C[C@@H](OC(=O)c2ccccc2)C[C@@H]1O[Si](C)(C)C(C)(C)C. The van der Waals surface area contributed by atoms with Crippen molar-refractivity contribution in [1.82, 2.24) is 0 Å². The van der Waals surface area contributed by atoms with Gasteiger partial charge in [-0.2, -0.15) is 0 Å². The van der Waals surface area contributed by atoms with E-state index in [0.29, 0.717) is 25.0 Å². The second kappa shape index (κ2) is 12.5. The lowest BCUT2D eigenvalue weighted by atomic mass is 10.0. The largest absolute Gasteiger partial charge is 0.466 e.